The first-order chi connectivity index (χ1) is 13.7. The first-order valence-electron chi connectivity index (χ1n) is 8.33. The van der Waals surface area contributed by atoms with Crippen LogP contribution < -0.4 is 5.32 Å². The van der Waals surface area contributed by atoms with Gasteiger partial charge in [-0.2, -0.15) is 0 Å². The van der Waals surface area contributed by atoms with Crippen LogP contribution in [0.2, 0.25) is 0 Å². The summed E-state index contributed by atoms with van der Waals surface area (Å²) in [5.41, 5.74) is 2.76. The number of anilines is 1. The summed E-state index contributed by atoms with van der Waals surface area (Å²) in [5.74, 6) is 0.479. The normalized spacial score (nSPS) is 10.9. The molecule has 0 radical (unpaired) electrons. The van der Waals surface area contributed by atoms with E-state index in [2.05, 4.69) is 25.5 Å². The van der Waals surface area contributed by atoms with E-state index in [9.17, 15) is 4.79 Å². The summed E-state index contributed by atoms with van der Waals surface area (Å²) in [6.45, 7) is 1.95. The number of hydrogen-bond donors (Lipinski definition) is 1. The number of nitrogens with zero attached hydrogens (tertiary/aromatic N) is 4. The quantitative estimate of drug-likeness (QED) is 0.438. The number of benzene rings is 1. The highest BCUT2D eigenvalue weighted by molar-refractivity contribution is 7.99. The van der Waals surface area contributed by atoms with E-state index in [0.717, 1.165) is 22.0 Å². The molecule has 28 heavy (non-hydrogen) atoms. The standard InChI is InChI=1S/C18H15N5O2S3/c1-11-19-13(8-26-11)7-16-22-23-18(25-16)28-10-15(24)21-17-20-14(9-27-17)12-5-3-2-4-6-12/h2-6,8-9H,7,10H2,1H3,(H,20,21,24). The summed E-state index contributed by atoms with van der Waals surface area (Å²) in [6, 6.07) is 9.83. The van der Waals surface area contributed by atoms with Gasteiger partial charge in [-0.25, -0.2) is 9.97 Å². The molecule has 0 bridgehead atoms. The highest BCUT2D eigenvalue weighted by Gasteiger charge is 2.13. The molecule has 0 aliphatic heterocycles. The Morgan fingerprint density at radius 2 is 2.00 bits per heavy atom. The molecule has 4 rings (SSSR count). The minimum atomic E-state index is -0.172. The van der Waals surface area contributed by atoms with Gasteiger partial charge in [0.2, 0.25) is 11.8 Å². The van der Waals surface area contributed by atoms with Gasteiger partial charge >= 0.3 is 0 Å². The molecule has 0 spiro atoms. The molecule has 3 heterocycles. The summed E-state index contributed by atoms with van der Waals surface area (Å²) in [6.07, 6.45) is 0.492. The maximum Gasteiger partial charge on any atom is 0.277 e. The summed E-state index contributed by atoms with van der Waals surface area (Å²) >= 11 is 4.17. The number of rotatable bonds is 7. The zero-order valence-electron chi connectivity index (χ0n) is 14.8. The van der Waals surface area contributed by atoms with Crippen molar-refractivity contribution in [1.29, 1.82) is 0 Å². The maximum atomic E-state index is 12.2. The molecule has 0 aliphatic rings. The molecule has 0 fully saturated rings. The monoisotopic (exact) mass is 429 g/mol. The average molecular weight is 430 g/mol. The van der Waals surface area contributed by atoms with Crippen molar-refractivity contribution in [2.75, 3.05) is 11.1 Å². The van der Waals surface area contributed by atoms with Gasteiger partial charge in [0.25, 0.3) is 5.22 Å². The van der Waals surface area contributed by atoms with Gasteiger partial charge in [-0.05, 0) is 6.92 Å². The number of aromatic nitrogens is 4. The van der Waals surface area contributed by atoms with Crippen LogP contribution in [0.4, 0.5) is 5.13 Å². The van der Waals surface area contributed by atoms with Crippen molar-refractivity contribution >= 4 is 45.5 Å². The number of carbonyl (C=O) groups is 1. The summed E-state index contributed by atoms with van der Waals surface area (Å²) in [5, 5.41) is 16.6. The van der Waals surface area contributed by atoms with E-state index in [0.29, 0.717) is 22.7 Å². The SMILES string of the molecule is Cc1nc(Cc2nnc(SCC(=O)Nc3nc(-c4ccccc4)cs3)o2)cs1. The predicted molar refractivity (Wildman–Crippen MR) is 111 cm³/mol. The number of aryl methyl sites for hydroxylation is 1. The lowest BCUT2D eigenvalue weighted by atomic mass is 10.2. The van der Waals surface area contributed by atoms with Crippen LogP contribution in [0.15, 0.2) is 50.7 Å². The highest BCUT2D eigenvalue weighted by Crippen LogP contribution is 2.25. The Morgan fingerprint density at radius 3 is 2.79 bits per heavy atom. The molecule has 0 aliphatic carbocycles. The fourth-order valence-corrected chi connectivity index (χ4v) is 4.30. The molecule has 142 valence electrons. The van der Waals surface area contributed by atoms with E-state index in [4.69, 9.17) is 4.42 Å². The highest BCUT2D eigenvalue weighted by atomic mass is 32.2. The fourth-order valence-electron chi connectivity index (χ4n) is 2.37. The Labute approximate surface area is 173 Å². The van der Waals surface area contributed by atoms with Gasteiger partial charge in [0, 0.05) is 16.3 Å². The van der Waals surface area contributed by atoms with Crippen molar-refractivity contribution in [2.24, 2.45) is 0 Å². The zero-order chi connectivity index (χ0) is 19.3. The fraction of sp³-hybridized carbons (Fsp3) is 0.167. The molecule has 4 aromatic rings. The second kappa shape index (κ2) is 8.63. The maximum absolute atomic E-state index is 12.2. The van der Waals surface area contributed by atoms with Crippen molar-refractivity contribution in [2.45, 2.75) is 18.6 Å². The van der Waals surface area contributed by atoms with E-state index in [1.54, 1.807) is 11.3 Å². The van der Waals surface area contributed by atoms with Gasteiger partial charge < -0.3 is 9.73 Å². The van der Waals surface area contributed by atoms with E-state index >= 15 is 0 Å². The van der Waals surface area contributed by atoms with Gasteiger partial charge in [0.15, 0.2) is 5.13 Å². The van der Waals surface area contributed by atoms with Crippen LogP contribution in [0, 0.1) is 6.92 Å². The molecule has 1 amide bonds. The third kappa shape index (κ3) is 4.83. The van der Waals surface area contributed by atoms with Crippen molar-refractivity contribution in [3.63, 3.8) is 0 Å². The lowest BCUT2D eigenvalue weighted by Crippen LogP contribution is -2.13. The average Bonchev–Trinajstić information content (AvgIpc) is 3.43. The van der Waals surface area contributed by atoms with Crippen LogP contribution in [0.5, 0.6) is 0 Å². The van der Waals surface area contributed by atoms with Gasteiger partial charge in [-0.15, -0.1) is 32.9 Å². The van der Waals surface area contributed by atoms with Crippen LogP contribution in [-0.4, -0.2) is 31.8 Å². The predicted octanol–water partition coefficient (Wildman–Crippen LogP) is 4.28. The number of amides is 1. The van der Waals surface area contributed by atoms with E-state index in [1.165, 1.54) is 23.1 Å². The lowest BCUT2D eigenvalue weighted by molar-refractivity contribution is -0.113. The van der Waals surface area contributed by atoms with Crippen LogP contribution in [0.3, 0.4) is 0 Å². The van der Waals surface area contributed by atoms with Crippen molar-refractivity contribution in [1.82, 2.24) is 20.2 Å². The molecule has 7 nitrogen and oxygen atoms in total. The molecular weight excluding hydrogens is 414 g/mol. The van der Waals surface area contributed by atoms with Crippen molar-refractivity contribution in [3.8, 4) is 11.3 Å². The topological polar surface area (TPSA) is 93.8 Å². The summed E-state index contributed by atoms with van der Waals surface area (Å²) in [4.78, 5) is 21.0. The number of carbonyl (C=O) groups excluding carboxylic acids is 1. The molecule has 0 unspecified atom stereocenters. The van der Waals surface area contributed by atoms with Crippen LogP contribution in [-0.2, 0) is 11.2 Å². The second-order valence-electron chi connectivity index (χ2n) is 5.74. The van der Waals surface area contributed by atoms with Gasteiger partial charge in [-0.1, -0.05) is 42.1 Å². The zero-order valence-corrected chi connectivity index (χ0v) is 17.2. The molecule has 0 atom stereocenters. The van der Waals surface area contributed by atoms with Gasteiger partial charge in [0.05, 0.1) is 28.6 Å². The number of thiazole rings is 2. The van der Waals surface area contributed by atoms with Gasteiger partial charge in [-0.3, -0.25) is 4.79 Å². The number of thioether (sulfide) groups is 1. The molecule has 3 aromatic heterocycles. The lowest BCUT2D eigenvalue weighted by Gasteiger charge is -1.99. The molecule has 10 heteroatoms. The Balaban J connectivity index is 1.28. The van der Waals surface area contributed by atoms with E-state index < -0.39 is 0 Å². The van der Waals surface area contributed by atoms with E-state index in [1.807, 2.05) is 48.0 Å². The van der Waals surface area contributed by atoms with Crippen LogP contribution >= 0.6 is 34.4 Å². The third-order valence-electron chi connectivity index (χ3n) is 3.59. The molecule has 1 aromatic carbocycles. The van der Waals surface area contributed by atoms with Crippen LogP contribution in [0.1, 0.15) is 16.6 Å². The largest absolute Gasteiger partial charge is 0.416 e. The number of hydrogen-bond acceptors (Lipinski definition) is 9. The van der Waals surface area contributed by atoms with Crippen molar-refractivity contribution < 1.29 is 9.21 Å². The Kier molecular flexibility index (Phi) is 5.79. The first-order valence-corrected chi connectivity index (χ1v) is 11.1. The van der Waals surface area contributed by atoms with Crippen molar-refractivity contribution in [3.05, 3.63) is 57.7 Å². The Morgan fingerprint density at radius 1 is 1.14 bits per heavy atom. The minimum absolute atomic E-state index is 0.164. The third-order valence-corrected chi connectivity index (χ3v) is 5.99. The molecular formula is C18H15N5O2S3. The molecule has 1 N–H and O–H groups in total. The van der Waals surface area contributed by atoms with Gasteiger partial charge in [0.1, 0.15) is 0 Å². The first kappa shape index (κ1) is 18.8. The van der Waals surface area contributed by atoms with Crippen LogP contribution in [0.25, 0.3) is 11.3 Å². The van der Waals surface area contributed by atoms with E-state index in [-0.39, 0.29) is 11.7 Å². The molecule has 0 saturated heterocycles. The second-order valence-corrected chi connectivity index (χ2v) is 8.58. The smallest absolute Gasteiger partial charge is 0.277 e. The molecule has 0 saturated carbocycles. The number of nitrogens with one attached hydrogen (secondary N) is 1. The Hall–Kier alpha value is -2.56. The minimum Gasteiger partial charge on any atom is -0.416 e. The Bertz CT molecular complexity index is 1070. The summed E-state index contributed by atoms with van der Waals surface area (Å²) < 4.78 is 5.57. The summed E-state index contributed by atoms with van der Waals surface area (Å²) in [7, 11) is 0.